The Morgan fingerprint density at radius 3 is 2.33 bits per heavy atom. The fraction of sp³-hybridized carbons (Fsp3) is 0.929. The fourth-order valence-electron chi connectivity index (χ4n) is 2.01. The van der Waals surface area contributed by atoms with Gasteiger partial charge in [-0.1, -0.05) is 13.8 Å². The van der Waals surface area contributed by atoms with E-state index < -0.39 is 42.9 Å². The predicted octanol–water partition coefficient (Wildman–Crippen LogP) is -0.619. The highest BCUT2D eigenvalue weighted by Crippen LogP contribution is 2.29. The van der Waals surface area contributed by atoms with Crippen molar-refractivity contribution in [1.82, 2.24) is 5.32 Å². The maximum absolute atomic E-state index is 11.3. The summed E-state index contributed by atoms with van der Waals surface area (Å²) in [6.45, 7) is 8.55. The van der Waals surface area contributed by atoms with Crippen LogP contribution in [0.15, 0.2) is 0 Å². The van der Waals surface area contributed by atoms with E-state index in [4.69, 9.17) is 9.47 Å². The van der Waals surface area contributed by atoms with Crippen LogP contribution in [0.1, 0.15) is 34.6 Å². The van der Waals surface area contributed by atoms with Crippen molar-refractivity contribution in [2.75, 3.05) is 6.61 Å². The van der Waals surface area contributed by atoms with Gasteiger partial charge in [-0.15, -0.1) is 0 Å². The molecule has 2 unspecified atom stereocenters. The van der Waals surface area contributed by atoms with Crippen molar-refractivity contribution in [3.8, 4) is 0 Å². The highest BCUT2D eigenvalue weighted by Gasteiger charge is 2.47. The fourth-order valence-corrected chi connectivity index (χ4v) is 2.01. The molecule has 0 radical (unpaired) electrons. The smallest absolute Gasteiger partial charge is 0.217 e. The van der Waals surface area contributed by atoms with E-state index in [2.05, 4.69) is 5.32 Å². The summed E-state index contributed by atoms with van der Waals surface area (Å²) in [4.78, 5) is 11.3. The molecule has 5 atom stereocenters. The molecule has 0 aromatic rings. The van der Waals surface area contributed by atoms with Crippen molar-refractivity contribution >= 4 is 5.91 Å². The van der Waals surface area contributed by atoms with Gasteiger partial charge in [0.2, 0.25) is 5.91 Å². The van der Waals surface area contributed by atoms with Gasteiger partial charge < -0.3 is 30.1 Å². The van der Waals surface area contributed by atoms with E-state index in [9.17, 15) is 20.1 Å². The second-order valence-electron chi connectivity index (χ2n) is 6.31. The first-order valence-corrected chi connectivity index (χ1v) is 7.17. The molecular weight excluding hydrogens is 278 g/mol. The SMILES string of the molecule is CC(=O)NC1[C@H](OC(C)(C)C(C)C)OC(CO)[C@H](O)[C@@H]1O. The van der Waals surface area contributed by atoms with Crippen molar-refractivity contribution < 1.29 is 29.6 Å². The molecule has 7 nitrogen and oxygen atoms in total. The molecule has 1 rings (SSSR count). The van der Waals surface area contributed by atoms with Gasteiger partial charge in [0.15, 0.2) is 6.29 Å². The maximum atomic E-state index is 11.3. The minimum Gasteiger partial charge on any atom is -0.394 e. The number of aliphatic hydroxyl groups excluding tert-OH is 3. The van der Waals surface area contributed by atoms with Crippen LogP contribution in [0.2, 0.25) is 0 Å². The van der Waals surface area contributed by atoms with Crippen molar-refractivity contribution in [2.24, 2.45) is 5.92 Å². The summed E-state index contributed by atoms with van der Waals surface area (Å²) in [7, 11) is 0. The molecule has 1 fully saturated rings. The summed E-state index contributed by atoms with van der Waals surface area (Å²) in [6.07, 6.45) is -4.50. The molecule has 1 aliphatic rings. The third-order valence-electron chi connectivity index (χ3n) is 4.06. The average molecular weight is 305 g/mol. The Bertz CT molecular complexity index is 359. The second-order valence-corrected chi connectivity index (χ2v) is 6.31. The Morgan fingerprint density at radius 2 is 1.90 bits per heavy atom. The molecule has 0 aromatic heterocycles. The molecular formula is C14H27NO6. The molecule has 0 aliphatic carbocycles. The standard InChI is InChI=1S/C14H27NO6/c1-7(2)14(4,5)21-13-10(15-8(3)17)12(19)11(18)9(6-16)20-13/h7,9-13,16,18-19H,6H2,1-5H3,(H,15,17)/t9?,10?,11-,12+,13-/m0/s1. The van der Waals surface area contributed by atoms with Gasteiger partial charge in [0, 0.05) is 6.92 Å². The van der Waals surface area contributed by atoms with Crippen LogP contribution < -0.4 is 5.32 Å². The zero-order valence-corrected chi connectivity index (χ0v) is 13.2. The van der Waals surface area contributed by atoms with E-state index in [1.165, 1.54) is 6.92 Å². The number of hydrogen-bond donors (Lipinski definition) is 4. The molecule has 0 bridgehead atoms. The lowest BCUT2D eigenvalue weighted by atomic mass is 9.93. The highest BCUT2D eigenvalue weighted by atomic mass is 16.7. The first kappa shape index (κ1) is 18.3. The number of carbonyl (C=O) groups excluding carboxylic acids is 1. The number of hydrogen-bond acceptors (Lipinski definition) is 6. The molecule has 1 heterocycles. The Morgan fingerprint density at radius 1 is 1.33 bits per heavy atom. The van der Waals surface area contributed by atoms with Crippen LogP contribution in [0.25, 0.3) is 0 Å². The maximum Gasteiger partial charge on any atom is 0.217 e. The van der Waals surface area contributed by atoms with Gasteiger partial charge in [0.05, 0.1) is 12.2 Å². The first-order chi connectivity index (χ1) is 9.60. The van der Waals surface area contributed by atoms with Gasteiger partial charge in [-0.05, 0) is 19.8 Å². The summed E-state index contributed by atoms with van der Waals surface area (Å²) in [5.41, 5.74) is -0.566. The van der Waals surface area contributed by atoms with Crippen molar-refractivity contribution in [3.63, 3.8) is 0 Å². The van der Waals surface area contributed by atoms with E-state index in [1.54, 1.807) is 0 Å². The van der Waals surface area contributed by atoms with E-state index in [1.807, 2.05) is 27.7 Å². The van der Waals surface area contributed by atoms with E-state index in [0.29, 0.717) is 0 Å². The molecule has 0 saturated carbocycles. The lowest BCUT2D eigenvalue weighted by molar-refractivity contribution is -0.300. The van der Waals surface area contributed by atoms with E-state index in [0.717, 1.165) is 0 Å². The van der Waals surface area contributed by atoms with Gasteiger partial charge in [0.25, 0.3) is 0 Å². The number of aliphatic hydroxyl groups is 3. The molecule has 4 N–H and O–H groups in total. The van der Waals surface area contributed by atoms with Gasteiger partial charge in [-0.2, -0.15) is 0 Å². The number of rotatable bonds is 5. The minimum absolute atomic E-state index is 0.163. The third kappa shape index (κ3) is 4.37. The molecule has 1 amide bonds. The molecule has 124 valence electrons. The first-order valence-electron chi connectivity index (χ1n) is 7.17. The number of nitrogens with one attached hydrogen (secondary N) is 1. The van der Waals surface area contributed by atoms with Crippen molar-refractivity contribution in [3.05, 3.63) is 0 Å². The van der Waals surface area contributed by atoms with Crippen LogP contribution in [0.4, 0.5) is 0 Å². The van der Waals surface area contributed by atoms with Crippen LogP contribution in [-0.4, -0.2) is 64.1 Å². The normalized spacial score (nSPS) is 34.0. The van der Waals surface area contributed by atoms with Gasteiger partial charge >= 0.3 is 0 Å². The Kier molecular flexibility index (Phi) is 6.12. The zero-order valence-electron chi connectivity index (χ0n) is 13.2. The molecule has 7 heteroatoms. The molecule has 1 aliphatic heterocycles. The average Bonchev–Trinajstić information content (AvgIpc) is 2.37. The van der Waals surface area contributed by atoms with Crippen LogP contribution in [0.3, 0.4) is 0 Å². The quantitative estimate of drug-likeness (QED) is 0.539. The summed E-state index contributed by atoms with van der Waals surface area (Å²) in [5, 5.41) is 31.8. The lowest BCUT2D eigenvalue weighted by Crippen LogP contribution is -2.65. The number of carbonyl (C=O) groups is 1. The summed E-state index contributed by atoms with van der Waals surface area (Å²) in [5.74, 6) is -0.205. The van der Waals surface area contributed by atoms with Gasteiger partial charge in [0.1, 0.15) is 24.4 Å². The predicted molar refractivity (Wildman–Crippen MR) is 75.4 cm³/mol. The minimum atomic E-state index is -1.30. The summed E-state index contributed by atoms with van der Waals surface area (Å²) >= 11 is 0. The zero-order chi connectivity index (χ0) is 16.4. The van der Waals surface area contributed by atoms with Gasteiger partial charge in [-0.3, -0.25) is 4.79 Å². The molecule has 21 heavy (non-hydrogen) atoms. The largest absolute Gasteiger partial charge is 0.394 e. The monoisotopic (exact) mass is 305 g/mol. The Labute approximate surface area is 125 Å². The van der Waals surface area contributed by atoms with Crippen molar-refractivity contribution in [2.45, 2.75) is 70.9 Å². The van der Waals surface area contributed by atoms with E-state index >= 15 is 0 Å². The molecule has 1 saturated heterocycles. The molecule has 0 aromatic carbocycles. The topological polar surface area (TPSA) is 108 Å². The highest BCUT2D eigenvalue weighted by molar-refractivity contribution is 5.73. The van der Waals surface area contributed by atoms with Gasteiger partial charge in [-0.25, -0.2) is 0 Å². The van der Waals surface area contributed by atoms with Crippen LogP contribution in [0.5, 0.6) is 0 Å². The van der Waals surface area contributed by atoms with Crippen LogP contribution in [0, 0.1) is 5.92 Å². The molecule has 0 spiro atoms. The lowest BCUT2D eigenvalue weighted by Gasteiger charge is -2.45. The Balaban J connectivity index is 2.96. The number of amides is 1. The van der Waals surface area contributed by atoms with E-state index in [-0.39, 0.29) is 11.8 Å². The van der Waals surface area contributed by atoms with Crippen LogP contribution in [-0.2, 0) is 14.3 Å². The second kappa shape index (κ2) is 7.02. The Hall–Kier alpha value is -0.730. The summed E-state index contributed by atoms with van der Waals surface area (Å²) in [6, 6.07) is -0.904. The number of ether oxygens (including phenoxy) is 2. The van der Waals surface area contributed by atoms with Crippen molar-refractivity contribution in [1.29, 1.82) is 0 Å². The third-order valence-corrected chi connectivity index (χ3v) is 4.06. The summed E-state index contributed by atoms with van der Waals surface area (Å²) < 4.78 is 11.4. The van der Waals surface area contributed by atoms with Crippen LogP contribution >= 0.6 is 0 Å².